The number of piperidine rings is 1. The molecule has 1 aliphatic heterocycles. The van der Waals surface area contributed by atoms with E-state index >= 15 is 0 Å². The van der Waals surface area contributed by atoms with Crippen LogP contribution >= 0.6 is 0 Å². The van der Waals surface area contributed by atoms with E-state index in [1.165, 1.54) is 6.07 Å². The highest BCUT2D eigenvalue weighted by molar-refractivity contribution is 5.68. The highest BCUT2D eigenvalue weighted by atomic mass is 19.1. The van der Waals surface area contributed by atoms with Crippen LogP contribution in [0.15, 0.2) is 18.3 Å². The molecule has 1 saturated carbocycles. The molecule has 0 N–H and O–H groups in total. The van der Waals surface area contributed by atoms with E-state index in [-0.39, 0.29) is 17.9 Å². The maximum absolute atomic E-state index is 13.1. The Morgan fingerprint density at radius 1 is 1.48 bits per heavy atom. The lowest BCUT2D eigenvalue weighted by atomic mass is 9.98. The van der Waals surface area contributed by atoms with Crippen molar-refractivity contribution >= 4 is 6.09 Å². The van der Waals surface area contributed by atoms with Gasteiger partial charge in [-0.05, 0) is 45.2 Å². The van der Waals surface area contributed by atoms with Crippen LogP contribution < -0.4 is 0 Å². The predicted octanol–water partition coefficient (Wildman–Crippen LogP) is 2.87. The molecule has 1 aromatic rings. The molecule has 2 aliphatic rings. The van der Waals surface area contributed by atoms with Gasteiger partial charge in [-0.25, -0.2) is 9.18 Å². The molecule has 0 radical (unpaired) electrons. The third-order valence-corrected chi connectivity index (χ3v) is 4.66. The van der Waals surface area contributed by atoms with Crippen molar-refractivity contribution in [3.8, 4) is 6.07 Å². The van der Waals surface area contributed by atoms with Gasteiger partial charge in [-0.15, -0.1) is 0 Å². The number of rotatable bonds is 1. The minimum atomic E-state index is -0.704. The molecular formula is C17H20FN3O2. The number of carbonyl (C=O) groups excluding carboxylic acids is 1. The Kier molecular flexibility index (Phi) is 3.55. The summed E-state index contributed by atoms with van der Waals surface area (Å²) in [5, 5.41) is 9.70. The maximum Gasteiger partial charge on any atom is 0.410 e. The SMILES string of the molecule is CC(C)(C)OC(=O)N1CCC2C(C1)C2(C#N)c1ccc(F)cn1. The standard InChI is InChI=1S/C17H20FN3O2/c1-16(2,3)23-15(22)21-7-6-12-13(9-21)17(12,10-19)14-5-4-11(18)8-20-14/h4-5,8,12-13H,6-7,9H2,1-3H3. The summed E-state index contributed by atoms with van der Waals surface area (Å²) in [6.45, 7) is 6.54. The van der Waals surface area contributed by atoms with Gasteiger partial charge in [0.25, 0.3) is 0 Å². The van der Waals surface area contributed by atoms with Gasteiger partial charge in [0, 0.05) is 19.0 Å². The Bertz CT molecular complexity index is 662. The van der Waals surface area contributed by atoms with E-state index in [9.17, 15) is 14.4 Å². The van der Waals surface area contributed by atoms with Crippen molar-refractivity contribution < 1.29 is 13.9 Å². The van der Waals surface area contributed by atoms with Crippen LogP contribution in [0, 0.1) is 29.0 Å². The fraction of sp³-hybridized carbons (Fsp3) is 0.588. The first-order valence-electron chi connectivity index (χ1n) is 7.79. The molecular weight excluding hydrogens is 297 g/mol. The first-order valence-corrected chi connectivity index (χ1v) is 7.79. The molecule has 0 spiro atoms. The molecule has 1 aliphatic carbocycles. The molecule has 3 atom stereocenters. The van der Waals surface area contributed by atoms with E-state index in [1.807, 2.05) is 20.8 Å². The van der Waals surface area contributed by atoms with Gasteiger partial charge in [0.15, 0.2) is 0 Å². The fourth-order valence-electron chi connectivity index (χ4n) is 3.58. The van der Waals surface area contributed by atoms with Crippen LogP contribution in [0.1, 0.15) is 32.9 Å². The van der Waals surface area contributed by atoms with Gasteiger partial charge in [-0.1, -0.05) is 0 Å². The molecule has 2 heterocycles. The van der Waals surface area contributed by atoms with E-state index < -0.39 is 16.8 Å². The molecule has 0 bridgehead atoms. The van der Waals surface area contributed by atoms with E-state index in [0.717, 1.165) is 12.6 Å². The van der Waals surface area contributed by atoms with Crippen molar-refractivity contribution in [3.05, 3.63) is 29.8 Å². The molecule has 122 valence electrons. The molecule has 1 amide bonds. The number of pyridine rings is 1. The number of fused-ring (bicyclic) bond motifs is 1. The van der Waals surface area contributed by atoms with Crippen molar-refractivity contribution in [2.24, 2.45) is 11.8 Å². The number of nitrogens with zero attached hydrogens (tertiary/aromatic N) is 3. The smallest absolute Gasteiger partial charge is 0.410 e. The normalized spacial score (nSPS) is 29.4. The minimum absolute atomic E-state index is 0.0340. The molecule has 5 nitrogen and oxygen atoms in total. The number of halogens is 1. The molecule has 6 heteroatoms. The zero-order chi connectivity index (χ0) is 16.8. The van der Waals surface area contributed by atoms with Crippen LogP contribution in [-0.2, 0) is 10.2 Å². The molecule has 1 aromatic heterocycles. The van der Waals surface area contributed by atoms with Crippen molar-refractivity contribution in [2.45, 2.75) is 38.2 Å². The lowest BCUT2D eigenvalue weighted by Crippen LogP contribution is -2.40. The Morgan fingerprint density at radius 3 is 2.78 bits per heavy atom. The van der Waals surface area contributed by atoms with Gasteiger partial charge in [-0.3, -0.25) is 4.98 Å². The Morgan fingerprint density at radius 2 is 2.22 bits per heavy atom. The largest absolute Gasteiger partial charge is 0.444 e. The van der Waals surface area contributed by atoms with Crippen LogP contribution in [0.25, 0.3) is 0 Å². The van der Waals surface area contributed by atoms with Crippen LogP contribution in [0.4, 0.5) is 9.18 Å². The second-order valence-electron chi connectivity index (χ2n) is 7.27. The number of nitriles is 1. The molecule has 0 aromatic carbocycles. The number of hydrogen-bond acceptors (Lipinski definition) is 4. The van der Waals surface area contributed by atoms with Crippen LogP contribution in [0.2, 0.25) is 0 Å². The van der Waals surface area contributed by atoms with E-state index in [4.69, 9.17) is 4.74 Å². The van der Waals surface area contributed by atoms with Crippen molar-refractivity contribution in [3.63, 3.8) is 0 Å². The quantitative estimate of drug-likeness (QED) is 0.799. The predicted molar refractivity (Wildman–Crippen MR) is 80.9 cm³/mol. The lowest BCUT2D eigenvalue weighted by Gasteiger charge is -2.29. The second kappa shape index (κ2) is 5.19. The summed E-state index contributed by atoms with van der Waals surface area (Å²) in [7, 11) is 0. The molecule has 2 fully saturated rings. The summed E-state index contributed by atoms with van der Waals surface area (Å²) < 4.78 is 18.5. The topological polar surface area (TPSA) is 66.2 Å². The second-order valence-corrected chi connectivity index (χ2v) is 7.27. The summed E-state index contributed by atoms with van der Waals surface area (Å²) in [6.07, 6.45) is 1.53. The Balaban J connectivity index is 1.76. The van der Waals surface area contributed by atoms with Gasteiger partial charge in [0.2, 0.25) is 0 Å². The number of ether oxygens (including phenoxy) is 1. The van der Waals surface area contributed by atoms with Gasteiger partial charge in [0.05, 0.1) is 18.0 Å². The maximum atomic E-state index is 13.1. The number of amides is 1. The average Bonchev–Trinajstić information content (AvgIpc) is 3.14. The molecule has 3 unspecified atom stereocenters. The molecule has 23 heavy (non-hydrogen) atoms. The summed E-state index contributed by atoms with van der Waals surface area (Å²) in [5.41, 5.74) is -0.644. The van der Waals surface area contributed by atoms with E-state index in [1.54, 1.807) is 11.0 Å². The summed E-state index contributed by atoms with van der Waals surface area (Å²) >= 11 is 0. The van der Waals surface area contributed by atoms with Gasteiger partial charge >= 0.3 is 6.09 Å². The van der Waals surface area contributed by atoms with Gasteiger partial charge < -0.3 is 9.64 Å². The molecule has 1 saturated heterocycles. The van der Waals surface area contributed by atoms with Crippen LogP contribution in [0.3, 0.4) is 0 Å². The monoisotopic (exact) mass is 317 g/mol. The van der Waals surface area contributed by atoms with Crippen molar-refractivity contribution in [2.75, 3.05) is 13.1 Å². The first-order chi connectivity index (χ1) is 10.8. The Hall–Kier alpha value is -2.16. The lowest BCUT2D eigenvalue weighted by molar-refractivity contribution is 0.0207. The van der Waals surface area contributed by atoms with E-state index in [0.29, 0.717) is 18.8 Å². The van der Waals surface area contributed by atoms with Crippen LogP contribution in [-0.4, -0.2) is 34.7 Å². The van der Waals surface area contributed by atoms with Crippen molar-refractivity contribution in [1.82, 2.24) is 9.88 Å². The number of hydrogen-bond donors (Lipinski definition) is 0. The number of aromatic nitrogens is 1. The third-order valence-electron chi connectivity index (χ3n) is 4.66. The van der Waals surface area contributed by atoms with E-state index in [2.05, 4.69) is 11.1 Å². The zero-order valence-corrected chi connectivity index (χ0v) is 13.5. The zero-order valence-electron chi connectivity index (χ0n) is 13.5. The number of carbonyl (C=O) groups is 1. The minimum Gasteiger partial charge on any atom is -0.444 e. The molecule has 3 rings (SSSR count). The third kappa shape index (κ3) is 2.65. The fourth-order valence-corrected chi connectivity index (χ4v) is 3.58. The highest BCUT2D eigenvalue weighted by Gasteiger charge is 2.69. The van der Waals surface area contributed by atoms with Gasteiger partial charge in [-0.2, -0.15) is 5.26 Å². The van der Waals surface area contributed by atoms with Gasteiger partial charge in [0.1, 0.15) is 16.8 Å². The summed E-state index contributed by atoms with van der Waals surface area (Å²) in [4.78, 5) is 18.0. The summed E-state index contributed by atoms with van der Waals surface area (Å²) in [5.74, 6) is -0.211. The Labute approximate surface area is 135 Å². The number of likely N-dealkylation sites (tertiary alicyclic amines) is 1. The van der Waals surface area contributed by atoms with Crippen LogP contribution in [0.5, 0.6) is 0 Å². The first kappa shape index (κ1) is 15.7. The van der Waals surface area contributed by atoms with Crippen molar-refractivity contribution in [1.29, 1.82) is 5.26 Å². The average molecular weight is 317 g/mol. The summed E-state index contributed by atoms with van der Waals surface area (Å²) in [6, 6.07) is 5.28. The highest BCUT2D eigenvalue weighted by Crippen LogP contribution is 2.62.